The fourth-order valence-electron chi connectivity index (χ4n) is 2.39. The van der Waals surface area contributed by atoms with Gasteiger partial charge < -0.3 is 5.43 Å². The van der Waals surface area contributed by atoms with Crippen LogP contribution < -0.4 is 11.3 Å². The lowest BCUT2D eigenvalue weighted by Gasteiger charge is -2.10. The summed E-state index contributed by atoms with van der Waals surface area (Å²) in [6.07, 6.45) is 5.71. The first kappa shape index (κ1) is 13.8. The second-order valence-electron chi connectivity index (χ2n) is 5.02. The van der Waals surface area contributed by atoms with Crippen molar-refractivity contribution in [3.05, 3.63) is 35.4 Å². The van der Waals surface area contributed by atoms with Gasteiger partial charge in [-0.15, -0.1) is 0 Å². The molecule has 2 rings (SSSR count). The molecule has 0 unspecified atom stereocenters. The first-order valence-corrected chi connectivity index (χ1v) is 7.17. The molecule has 1 aromatic heterocycles. The van der Waals surface area contributed by atoms with Crippen molar-refractivity contribution in [2.75, 3.05) is 5.43 Å². The highest BCUT2D eigenvalue weighted by molar-refractivity contribution is 5.82. The van der Waals surface area contributed by atoms with Gasteiger partial charge >= 0.3 is 0 Å². The van der Waals surface area contributed by atoms with Crippen molar-refractivity contribution in [1.82, 2.24) is 4.98 Å². The molecule has 0 spiro atoms. The molecule has 3 nitrogen and oxygen atoms in total. The number of nitrogens with zero attached hydrogens (tertiary/aromatic N) is 1. The van der Waals surface area contributed by atoms with E-state index in [4.69, 9.17) is 5.84 Å². The molecule has 19 heavy (non-hydrogen) atoms. The van der Waals surface area contributed by atoms with E-state index >= 15 is 0 Å². The predicted molar refractivity (Wildman–Crippen MR) is 82.2 cm³/mol. The number of rotatable bonds is 6. The number of pyridine rings is 1. The average molecular weight is 257 g/mol. The lowest BCUT2D eigenvalue weighted by molar-refractivity contribution is 0.796. The fraction of sp³-hybridized carbons (Fsp3) is 0.438. The van der Waals surface area contributed by atoms with Crippen LogP contribution in [0.2, 0.25) is 0 Å². The number of hydrogen-bond donors (Lipinski definition) is 2. The van der Waals surface area contributed by atoms with Gasteiger partial charge in [-0.1, -0.05) is 32.8 Å². The molecule has 0 radical (unpaired) electrons. The average Bonchev–Trinajstić information content (AvgIpc) is 2.44. The van der Waals surface area contributed by atoms with E-state index in [1.54, 1.807) is 0 Å². The van der Waals surface area contributed by atoms with E-state index in [9.17, 15) is 0 Å². The van der Waals surface area contributed by atoms with Gasteiger partial charge in [-0.3, -0.25) is 0 Å². The summed E-state index contributed by atoms with van der Waals surface area (Å²) in [4.78, 5) is 4.60. The zero-order valence-corrected chi connectivity index (χ0v) is 11.9. The molecule has 0 saturated carbocycles. The van der Waals surface area contributed by atoms with Crippen LogP contribution in [0.4, 0.5) is 5.82 Å². The number of nitrogens with one attached hydrogen (secondary N) is 1. The molecule has 0 bridgehead atoms. The number of fused-ring (bicyclic) bond motifs is 1. The van der Waals surface area contributed by atoms with E-state index in [0.29, 0.717) is 0 Å². The van der Waals surface area contributed by atoms with Crippen LogP contribution in [0.25, 0.3) is 10.9 Å². The molecule has 0 fully saturated rings. The lowest BCUT2D eigenvalue weighted by atomic mass is 10.0. The predicted octanol–water partition coefficient (Wildman–Crippen LogP) is 3.82. The van der Waals surface area contributed by atoms with E-state index in [2.05, 4.69) is 48.5 Å². The summed E-state index contributed by atoms with van der Waals surface area (Å²) >= 11 is 0. The van der Waals surface area contributed by atoms with Gasteiger partial charge in [0.2, 0.25) is 0 Å². The number of unbranched alkanes of at least 4 members (excludes halogenated alkanes) is 1. The number of hydrogen-bond acceptors (Lipinski definition) is 3. The normalized spacial score (nSPS) is 10.9. The number of aryl methyl sites for hydroxylation is 2. The molecule has 1 heterocycles. The highest BCUT2D eigenvalue weighted by Crippen LogP contribution is 2.23. The number of nitrogens with two attached hydrogens (primary N) is 1. The quantitative estimate of drug-likeness (QED) is 0.611. The molecule has 102 valence electrons. The smallest absolute Gasteiger partial charge is 0.143 e. The molecular weight excluding hydrogens is 234 g/mol. The van der Waals surface area contributed by atoms with Crippen LogP contribution in [0.15, 0.2) is 24.3 Å². The summed E-state index contributed by atoms with van der Waals surface area (Å²) in [6.45, 7) is 4.39. The Hall–Kier alpha value is -1.61. The summed E-state index contributed by atoms with van der Waals surface area (Å²) in [5.41, 5.74) is 6.31. The number of aromatic nitrogens is 1. The topological polar surface area (TPSA) is 50.9 Å². The van der Waals surface area contributed by atoms with Gasteiger partial charge in [0.05, 0.1) is 5.52 Å². The first-order chi connectivity index (χ1) is 9.28. The van der Waals surface area contributed by atoms with Gasteiger partial charge in [-0.05, 0) is 48.6 Å². The minimum atomic E-state index is 0.802. The third-order valence-electron chi connectivity index (χ3n) is 3.43. The Balaban J connectivity index is 2.40. The molecule has 0 aliphatic carbocycles. The molecule has 0 atom stereocenters. The molecule has 1 aromatic carbocycles. The van der Waals surface area contributed by atoms with Crippen molar-refractivity contribution < 1.29 is 0 Å². The summed E-state index contributed by atoms with van der Waals surface area (Å²) in [5.74, 6) is 6.36. The Morgan fingerprint density at radius 3 is 2.63 bits per heavy atom. The second-order valence-corrected chi connectivity index (χ2v) is 5.02. The van der Waals surface area contributed by atoms with Crippen LogP contribution in [0.3, 0.4) is 0 Å². The van der Waals surface area contributed by atoms with Crippen molar-refractivity contribution in [2.45, 2.75) is 46.0 Å². The molecule has 3 heteroatoms. The van der Waals surface area contributed by atoms with Gasteiger partial charge in [0.15, 0.2) is 0 Å². The Kier molecular flexibility index (Phi) is 4.74. The van der Waals surface area contributed by atoms with Gasteiger partial charge in [0, 0.05) is 5.39 Å². The van der Waals surface area contributed by atoms with Crippen LogP contribution in [-0.4, -0.2) is 4.98 Å². The Morgan fingerprint density at radius 2 is 1.95 bits per heavy atom. The maximum atomic E-state index is 5.56. The van der Waals surface area contributed by atoms with Crippen LogP contribution in [0.5, 0.6) is 0 Å². The van der Waals surface area contributed by atoms with Gasteiger partial charge in [0.25, 0.3) is 0 Å². The van der Waals surface area contributed by atoms with E-state index in [-0.39, 0.29) is 0 Å². The van der Waals surface area contributed by atoms with E-state index < -0.39 is 0 Å². The standard InChI is InChI=1S/C16H23N3/c1-3-5-7-12-8-9-15-14(10-12)11-13(6-4-2)16(18-15)19-17/h8-11H,3-7,17H2,1-2H3,(H,18,19). The molecule has 2 aromatic rings. The number of hydrazine groups is 1. The second kappa shape index (κ2) is 6.53. The first-order valence-electron chi connectivity index (χ1n) is 7.17. The van der Waals surface area contributed by atoms with Crippen LogP contribution in [0, 0.1) is 0 Å². The summed E-state index contributed by atoms with van der Waals surface area (Å²) in [6, 6.07) is 8.75. The number of anilines is 1. The van der Waals surface area contributed by atoms with Crippen molar-refractivity contribution in [3.8, 4) is 0 Å². The summed E-state index contributed by atoms with van der Waals surface area (Å²) in [7, 11) is 0. The Bertz CT molecular complexity index is 549. The van der Waals surface area contributed by atoms with Crippen molar-refractivity contribution >= 4 is 16.7 Å². The van der Waals surface area contributed by atoms with Crippen molar-refractivity contribution in [2.24, 2.45) is 5.84 Å². The third-order valence-corrected chi connectivity index (χ3v) is 3.43. The molecule has 0 amide bonds. The molecule has 0 aliphatic rings. The monoisotopic (exact) mass is 257 g/mol. The number of benzene rings is 1. The molecular formula is C16H23N3. The Labute approximate surface area is 115 Å². The summed E-state index contributed by atoms with van der Waals surface area (Å²) in [5, 5.41) is 1.22. The fourth-order valence-corrected chi connectivity index (χ4v) is 2.39. The SMILES string of the molecule is CCCCc1ccc2nc(NN)c(CCC)cc2c1. The molecule has 0 saturated heterocycles. The van der Waals surface area contributed by atoms with Crippen LogP contribution in [0.1, 0.15) is 44.2 Å². The highest BCUT2D eigenvalue weighted by atomic mass is 15.2. The van der Waals surface area contributed by atoms with Gasteiger partial charge in [-0.2, -0.15) is 0 Å². The molecule has 0 aliphatic heterocycles. The number of nitrogen functional groups attached to an aromatic ring is 1. The minimum absolute atomic E-state index is 0.802. The van der Waals surface area contributed by atoms with E-state index in [1.807, 2.05) is 0 Å². The van der Waals surface area contributed by atoms with Crippen molar-refractivity contribution in [1.29, 1.82) is 0 Å². The van der Waals surface area contributed by atoms with Gasteiger partial charge in [0.1, 0.15) is 5.82 Å². The molecule has 3 N–H and O–H groups in total. The van der Waals surface area contributed by atoms with Crippen molar-refractivity contribution in [3.63, 3.8) is 0 Å². The highest BCUT2D eigenvalue weighted by Gasteiger charge is 2.06. The zero-order chi connectivity index (χ0) is 13.7. The minimum Gasteiger partial charge on any atom is -0.308 e. The Morgan fingerprint density at radius 1 is 1.11 bits per heavy atom. The van der Waals surface area contributed by atoms with E-state index in [0.717, 1.165) is 30.6 Å². The maximum absolute atomic E-state index is 5.56. The largest absolute Gasteiger partial charge is 0.308 e. The zero-order valence-electron chi connectivity index (χ0n) is 11.9. The van der Waals surface area contributed by atoms with Crippen LogP contribution >= 0.6 is 0 Å². The summed E-state index contributed by atoms with van der Waals surface area (Å²) < 4.78 is 0. The van der Waals surface area contributed by atoms with Gasteiger partial charge in [-0.25, -0.2) is 10.8 Å². The lowest BCUT2D eigenvalue weighted by Crippen LogP contribution is -2.11. The van der Waals surface area contributed by atoms with Crippen LogP contribution in [-0.2, 0) is 12.8 Å². The third kappa shape index (κ3) is 3.24. The van der Waals surface area contributed by atoms with E-state index in [1.165, 1.54) is 29.4 Å². The maximum Gasteiger partial charge on any atom is 0.143 e.